The molecule has 0 aromatic rings. The van der Waals surface area contributed by atoms with Crippen LogP contribution in [0.2, 0.25) is 0 Å². The summed E-state index contributed by atoms with van der Waals surface area (Å²) in [6.45, 7) is 4.90. The van der Waals surface area contributed by atoms with E-state index in [2.05, 4.69) is 13.8 Å². The Hall–Kier alpha value is -1.06. The highest BCUT2D eigenvalue weighted by Gasteiger charge is 2.11. The zero-order valence-electron chi connectivity index (χ0n) is 22.8. The second-order valence-electron chi connectivity index (χ2n) is 10.9. The monoisotopic (exact) mass is 482 g/mol. The molecule has 2 N–H and O–H groups in total. The number of unbranched alkanes of at least 4 members (excludes halogenated alkanes) is 18. The maximum Gasteiger partial charge on any atom is 0.303 e. The fraction of sp³-hybridized carbons (Fsp3) is 0.933. The van der Waals surface area contributed by atoms with Crippen LogP contribution in [0, 0.1) is 11.8 Å². The van der Waals surface area contributed by atoms with E-state index >= 15 is 0 Å². The summed E-state index contributed by atoms with van der Waals surface area (Å²) in [5.41, 5.74) is 0. The van der Waals surface area contributed by atoms with Crippen molar-refractivity contribution in [3.63, 3.8) is 0 Å². The second kappa shape index (κ2) is 25.0. The molecule has 4 nitrogen and oxygen atoms in total. The van der Waals surface area contributed by atoms with Gasteiger partial charge < -0.3 is 10.2 Å². The quantitative estimate of drug-likeness (QED) is 0.114. The van der Waals surface area contributed by atoms with Gasteiger partial charge in [-0.05, 0) is 24.7 Å². The predicted octanol–water partition coefficient (Wildman–Crippen LogP) is 9.79. The lowest BCUT2D eigenvalue weighted by molar-refractivity contribution is -0.138. The molecule has 2 unspecified atom stereocenters. The van der Waals surface area contributed by atoms with Crippen LogP contribution in [-0.4, -0.2) is 22.2 Å². The van der Waals surface area contributed by atoms with E-state index in [1.807, 2.05) is 0 Å². The number of hydrogen-bond acceptors (Lipinski definition) is 2. The van der Waals surface area contributed by atoms with Gasteiger partial charge in [-0.3, -0.25) is 9.59 Å². The van der Waals surface area contributed by atoms with Gasteiger partial charge in [0.1, 0.15) is 0 Å². The Morgan fingerprint density at radius 1 is 0.412 bits per heavy atom. The first-order valence-corrected chi connectivity index (χ1v) is 14.9. The van der Waals surface area contributed by atoms with Gasteiger partial charge in [0.25, 0.3) is 0 Å². The molecule has 0 aliphatic heterocycles. The molecule has 0 saturated heterocycles. The Labute approximate surface area is 211 Å². The molecule has 4 heteroatoms. The molecule has 0 saturated carbocycles. The number of aliphatic carboxylic acids is 2. The summed E-state index contributed by atoms with van der Waals surface area (Å²) in [7, 11) is 0. The molecule has 0 aliphatic rings. The fourth-order valence-electron chi connectivity index (χ4n) is 4.88. The maximum absolute atomic E-state index is 10.5. The van der Waals surface area contributed by atoms with Crippen molar-refractivity contribution in [3.05, 3.63) is 0 Å². The van der Waals surface area contributed by atoms with Gasteiger partial charge in [-0.2, -0.15) is 0 Å². The third-order valence-corrected chi connectivity index (χ3v) is 7.57. The molecular weight excluding hydrogens is 424 g/mol. The van der Waals surface area contributed by atoms with Gasteiger partial charge in [-0.1, -0.05) is 142 Å². The molecule has 2 atom stereocenters. The lowest BCUT2D eigenvalue weighted by Crippen LogP contribution is -2.08. The van der Waals surface area contributed by atoms with Crippen LogP contribution in [-0.2, 0) is 9.59 Å². The van der Waals surface area contributed by atoms with E-state index in [0.717, 1.165) is 37.5 Å². The molecule has 202 valence electrons. The van der Waals surface area contributed by atoms with Crippen LogP contribution >= 0.6 is 0 Å². The lowest BCUT2D eigenvalue weighted by atomic mass is 9.86. The topological polar surface area (TPSA) is 74.6 Å². The molecule has 0 fully saturated rings. The van der Waals surface area contributed by atoms with Crippen LogP contribution in [0.4, 0.5) is 0 Å². The zero-order valence-corrected chi connectivity index (χ0v) is 22.8. The summed E-state index contributed by atoms with van der Waals surface area (Å²) in [6.07, 6.45) is 28.5. The van der Waals surface area contributed by atoms with Crippen LogP contribution in [0.25, 0.3) is 0 Å². The molecule has 0 bridgehead atoms. The number of carbonyl (C=O) groups is 2. The van der Waals surface area contributed by atoms with Crippen molar-refractivity contribution in [2.45, 2.75) is 168 Å². The second-order valence-corrected chi connectivity index (χ2v) is 10.9. The third-order valence-electron chi connectivity index (χ3n) is 7.57. The van der Waals surface area contributed by atoms with Crippen LogP contribution in [0.15, 0.2) is 0 Å². The van der Waals surface area contributed by atoms with E-state index in [1.165, 1.54) is 116 Å². The zero-order chi connectivity index (χ0) is 25.3. The van der Waals surface area contributed by atoms with Gasteiger partial charge in [0.05, 0.1) is 0 Å². The Bertz CT molecular complexity index is 463. The molecule has 0 rings (SSSR count). The Morgan fingerprint density at radius 3 is 0.853 bits per heavy atom. The number of carboxylic acids is 2. The largest absolute Gasteiger partial charge is 0.481 e. The van der Waals surface area contributed by atoms with Crippen LogP contribution in [0.5, 0.6) is 0 Å². The summed E-state index contributed by atoms with van der Waals surface area (Å²) in [5.74, 6) is 0.383. The highest BCUT2D eigenvalue weighted by molar-refractivity contribution is 5.66. The van der Waals surface area contributed by atoms with E-state index in [4.69, 9.17) is 10.2 Å². The Morgan fingerprint density at radius 2 is 0.618 bits per heavy atom. The van der Waals surface area contributed by atoms with Crippen LogP contribution in [0.3, 0.4) is 0 Å². The van der Waals surface area contributed by atoms with E-state index < -0.39 is 11.9 Å². The van der Waals surface area contributed by atoms with Gasteiger partial charge in [-0.25, -0.2) is 0 Å². The first-order chi connectivity index (χ1) is 16.4. The minimum absolute atomic E-state index is 0.331. The molecule has 0 aromatic carbocycles. The standard InChI is InChI=1S/C30H58O4/c1-27(23-19-15-11-7-4-3-5-9-13-17-21-25-29(31)32)28(2)24-20-16-12-8-6-10-14-18-22-26-30(33)34/h27-28H,3-26H2,1-2H3,(H,31,32)(H,33,34). The third kappa shape index (κ3) is 25.6. The molecule has 0 aromatic heterocycles. The van der Waals surface area contributed by atoms with E-state index in [-0.39, 0.29) is 0 Å². The Kier molecular flexibility index (Phi) is 24.3. The van der Waals surface area contributed by atoms with Crippen LogP contribution in [0.1, 0.15) is 168 Å². The minimum atomic E-state index is -0.661. The van der Waals surface area contributed by atoms with Crippen molar-refractivity contribution >= 4 is 11.9 Å². The Balaban J connectivity index is 3.32. The first-order valence-electron chi connectivity index (χ1n) is 14.9. The van der Waals surface area contributed by atoms with Crippen molar-refractivity contribution in [1.29, 1.82) is 0 Å². The van der Waals surface area contributed by atoms with Crippen LogP contribution < -0.4 is 0 Å². The van der Waals surface area contributed by atoms with E-state index in [9.17, 15) is 9.59 Å². The highest BCUT2D eigenvalue weighted by atomic mass is 16.4. The van der Waals surface area contributed by atoms with Crippen molar-refractivity contribution in [2.24, 2.45) is 11.8 Å². The summed E-state index contributed by atoms with van der Waals surface area (Å²) >= 11 is 0. The number of hydrogen-bond donors (Lipinski definition) is 2. The fourth-order valence-corrected chi connectivity index (χ4v) is 4.88. The minimum Gasteiger partial charge on any atom is -0.481 e. The van der Waals surface area contributed by atoms with Crippen molar-refractivity contribution in [2.75, 3.05) is 0 Å². The van der Waals surface area contributed by atoms with Crippen molar-refractivity contribution < 1.29 is 19.8 Å². The lowest BCUT2D eigenvalue weighted by Gasteiger charge is -2.19. The van der Waals surface area contributed by atoms with Gasteiger partial charge in [0.2, 0.25) is 0 Å². The first kappa shape index (κ1) is 32.9. The average Bonchev–Trinajstić information content (AvgIpc) is 2.79. The van der Waals surface area contributed by atoms with Gasteiger partial charge in [0, 0.05) is 12.8 Å². The van der Waals surface area contributed by atoms with Gasteiger partial charge in [0.15, 0.2) is 0 Å². The summed E-state index contributed by atoms with van der Waals surface area (Å²) in [4.78, 5) is 20.9. The van der Waals surface area contributed by atoms with Gasteiger partial charge in [-0.15, -0.1) is 0 Å². The molecule has 0 aliphatic carbocycles. The summed E-state index contributed by atoms with van der Waals surface area (Å²) < 4.78 is 0. The van der Waals surface area contributed by atoms with Crippen molar-refractivity contribution in [1.82, 2.24) is 0 Å². The molecule has 0 spiro atoms. The molecule has 0 amide bonds. The molecular formula is C30H58O4. The number of rotatable bonds is 27. The highest BCUT2D eigenvalue weighted by Crippen LogP contribution is 2.24. The predicted molar refractivity (Wildman–Crippen MR) is 144 cm³/mol. The molecule has 0 heterocycles. The van der Waals surface area contributed by atoms with E-state index in [0.29, 0.717) is 12.8 Å². The van der Waals surface area contributed by atoms with Gasteiger partial charge >= 0.3 is 11.9 Å². The maximum atomic E-state index is 10.5. The van der Waals surface area contributed by atoms with E-state index in [1.54, 1.807) is 0 Å². The SMILES string of the molecule is CC(CCCCCCCCCCCCCC(=O)O)C(C)CCCCCCCCCCCC(=O)O. The number of carboxylic acid groups (broad SMARTS) is 2. The summed E-state index contributed by atoms with van der Waals surface area (Å²) in [6, 6.07) is 0. The molecule has 34 heavy (non-hydrogen) atoms. The smallest absolute Gasteiger partial charge is 0.303 e. The molecule has 0 radical (unpaired) electrons. The summed E-state index contributed by atoms with van der Waals surface area (Å²) in [5, 5.41) is 17.3. The average molecular weight is 483 g/mol. The normalized spacial score (nSPS) is 13.1. The van der Waals surface area contributed by atoms with Crippen molar-refractivity contribution in [3.8, 4) is 0 Å².